The highest BCUT2D eigenvalue weighted by atomic mass is 79.9. The maximum atomic E-state index is 14.4. The number of alkyl halides is 1. The highest BCUT2D eigenvalue weighted by Gasteiger charge is 2.47. The second-order valence-electron chi connectivity index (χ2n) is 10.6. The van der Waals surface area contributed by atoms with Gasteiger partial charge in [0.25, 0.3) is 5.91 Å². The third kappa shape index (κ3) is 6.93. The largest absolute Gasteiger partial charge is 1.00 e. The van der Waals surface area contributed by atoms with Crippen molar-refractivity contribution < 1.29 is 31.3 Å². The summed E-state index contributed by atoms with van der Waals surface area (Å²) in [6.07, 6.45) is -0.327. The van der Waals surface area contributed by atoms with Gasteiger partial charge in [0, 0.05) is 11.4 Å². The van der Waals surface area contributed by atoms with Crippen LogP contribution < -0.4 is 43.4 Å². The van der Waals surface area contributed by atoms with Gasteiger partial charge in [-0.2, -0.15) is 0 Å². The van der Waals surface area contributed by atoms with Crippen LogP contribution in [0.5, 0.6) is 5.75 Å². The smallest absolute Gasteiger partial charge is 0.265 e. The number of hydrogen-bond donors (Lipinski definition) is 1. The second kappa shape index (κ2) is 15.1. The number of carbonyl (C=O) groups is 2. The van der Waals surface area contributed by atoms with Crippen LogP contribution in [0.25, 0.3) is 10.2 Å². The number of ether oxygens (including phenoxy) is 1. The van der Waals surface area contributed by atoms with Crippen molar-refractivity contribution in [2.75, 3.05) is 12.0 Å². The van der Waals surface area contributed by atoms with Crippen LogP contribution in [0.15, 0.2) is 133 Å². The molecule has 0 fully saturated rings. The summed E-state index contributed by atoms with van der Waals surface area (Å²) < 4.78 is 7.17. The van der Waals surface area contributed by atoms with Gasteiger partial charge < -0.3 is 27.5 Å². The molecule has 0 spiro atoms. The number of aromatic nitrogens is 1. The molecule has 232 valence electrons. The predicted octanol–water partition coefficient (Wildman–Crippen LogP) is 3.86. The number of halogens is 2. The molecule has 9 heteroatoms. The lowest BCUT2D eigenvalue weighted by molar-refractivity contribution is -0.125. The lowest BCUT2D eigenvalue weighted by Gasteiger charge is -2.27. The van der Waals surface area contributed by atoms with Gasteiger partial charge in [0.05, 0.1) is 10.2 Å². The van der Waals surface area contributed by atoms with Gasteiger partial charge >= 0.3 is 0 Å². The molecule has 1 heterocycles. The number of rotatable bonds is 12. The van der Waals surface area contributed by atoms with Crippen molar-refractivity contribution in [2.45, 2.75) is 12.5 Å². The Labute approximate surface area is 288 Å². The Morgan fingerprint density at radius 3 is 1.85 bits per heavy atom. The SMILES string of the molecule is NC(=O)C(Oc1ccc(C(=O)C[P+](c2ccccc2)(c2ccccc2)c2ccccc2)cc1CCCl)c1nc2ccccc2s1.[Br-]. The number of amides is 1. The molecule has 1 aromatic heterocycles. The maximum absolute atomic E-state index is 14.4. The minimum Gasteiger partial charge on any atom is -1.00 e. The zero-order valence-corrected chi connectivity index (χ0v) is 28.8. The number of Topliss-reactive ketones (excluding diaryl/α,β-unsaturated/α-hetero) is 1. The first-order chi connectivity index (χ1) is 22.0. The Morgan fingerprint density at radius 2 is 1.33 bits per heavy atom. The molecule has 0 bridgehead atoms. The van der Waals surface area contributed by atoms with Crippen LogP contribution >= 0.6 is 30.2 Å². The zero-order valence-electron chi connectivity index (χ0n) is 24.8. The van der Waals surface area contributed by atoms with E-state index in [2.05, 4.69) is 41.4 Å². The van der Waals surface area contributed by atoms with Crippen molar-refractivity contribution in [2.24, 2.45) is 5.73 Å². The van der Waals surface area contributed by atoms with Gasteiger partial charge in [-0.25, -0.2) is 4.98 Å². The number of benzene rings is 5. The van der Waals surface area contributed by atoms with Crippen LogP contribution in [0.2, 0.25) is 0 Å². The van der Waals surface area contributed by atoms with E-state index in [0.29, 0.717) is 34.8 Å². The van der Waals surface area contributed by atoms with Gasteiger partial charge in [0.15, 0.2) is 0 Å². The Hall–Kier alpha value is -3.87. The molecule has 1 amide bonds. The van der Waals surface area contributed by atoms with Gasteiger partial charge in [0.1, 0.15) is 40.1 Å². The summed E-state index contributed by atoms with van der Waals surface area (Å²) in [5, 5.41) is 3.88. The molecule has 0 saturated heterocycles. The first-order valence-electron chi connectivity index (χ1n) is 14.6. The van der Waals surface area contributed by atoms with E-state index in [9.17, 15) is 9.59 Å². The predicted molar refractivity (Wildman–Crippen MR) is 187 cm³/mol. The number of para-hydroxylation sites is 1. The third-order valence-corrected chi connectivity index (χ3v) is 13.3. The fourth-order valence-corrected chi connectivity index (χ4v) is 10.9. The summed E-state index contributed by atoms with van der Waals surface area (Å²) in [6, 6.07) is 44.0. The summed E-state index contributed by atoms with van der Waals surface area (Å²) in [6.45, 7) is 0. The van der Waals surface area contributed by atoms with Crippen molar-refractivity contribution in [1.82, 2.24) is 4.98 Å². The molecule has 0 aliphatic carbocycles. The molecule has 0 aliphatic rings. The molecule has 6 rings (SSSR count). The van der Waals surface area contributed by atoms with Gasteiger partial charge in [-0.15, -0.1) is 22.9 Å². The monoisotopic (exact) mass is 728 g/mol. The number of nitrogens with two attached hydrogens (primary N) is 1. The molecule has 46 heavy (non-hydrogen) atoms. The molecule has 1 atom stereocenters. The van der Waals surface area contributed by atoms with E-state index in [1.54, 1.807) is 12.1 Å². The average molecular weight is 730 g/mol. The zero-order chi connectivity index (χ0) is 31.2. The average Bonchev–Trinajstić information content (AvgIpc) is 3.51. The summed E-state index contributed by atoms with van der Waals surface area (Å²) in [7, 11) is -2.38. The quantitative estimate of drug-likeness (QED) is 0.118. The molecule has 2 N–H and O–H groups in total. The van der Waals surface area contributed by atoms with Gasteiger partial charge in [-0.3, -0.25) is 9.59 Å². The van der Waals surface area contributed by atoms with Gasteiger partial charge in [-0.05, 0) is 78.7 Å². The number of nitrogens with zero attached hydrogens (tertiary/aromatic N) is 1. The van der Waals surface area contributed by atoms with Crippen molar-refractivity contribution in [1.29, 1.82) is 0 Å². The van der Waals surface area contributed by atoms with E-state index in [-0.39, 0.29) is 22.8 Å². The molecule has 5 nitrogen and oxygen atoms in total. The van der Waals surface area contributed by atoms with E-state index in [0.717, 1.165) is 31.7 Å². The summed E-state index contributed by atoms with van der Waals surface area (Å²) in [4.78, 5) is 31.5. The normalized spacial score (nSPS) is 11.8. The number of carbonyl (C=O) groups excluding carboxylic acids is 2. The van der Waals surface area contributed by atoms with Crippen LogP contribution in [0, 0.1) is 0 Å². The standard InChI is InChI=1S/C37H30ClN2O3PS.BrH/c38-23-22-27-24-26(20-21-33(27)43-35(36(39)42)37-40-31-18-10-11-19-34(31)45-37)32(41)25-44(28-12-4-1-5-13-28,29-14-6-2-7-15-29)30-16-8-3-9-17-30;/h1-21,24,35H,22-23,25H2,(H-,39,42);1H. The molecule has 0 aliphatic heterocycles. The van der Waals surface area contributed by atoms with Crippen LogP contribution in [-0.2, 0) is 11.2 Å². The number of fused-ring (bicyclic) bond motifs is 1. The number of hydrogen-bond acceptors (Lipinski definition) is 5. The lowest BCUT2D eigenvalue weighted by Crippen LogP contribution is -3.00. The summed E-state index contributed by atoms with van der Waals surface area (Å²) in [5.41, 5.74) is 7.86. The van der Waals surface area contributed by atoms with E-state index >= 15 is 0 Å². The Bertz CT molecular complexity index is 1810. The summed E-state index contributed by atoms with van der Waals surface area (Å²) in [5.74, 6) is 0.130. The van der Waals surface area contributed by atoms with Crippen molar-refractivity contribution >= 4 is 68.0 Å². The topological polar surface area (TPSA) is 82.3 Å². The molecular weight excluding hydrogens is 699 g/mol. The van der Waals surface area contributed by atoms with Crippen LogP contribution in [0.4, 0.5) is 0 Å². The van der Waals surface area contributed by atoms with E-state index in [1.165, 1.54) is 11.3 Å². The fraction of sp³-hybridized carbons (Fsp3) is 0.108. The highest BCUT2D eigenvalue weighted by molar-refractivity contribution is 7.96. The maximum Gasteiger partial charge on any atom is 0.265 e. The number of ketones is 1. The molecule has 0 saturated carbocycles. The second-order valence-corrected chi connectivity index (χ2v) is 15.5. The molecule has 6 aromatic rings. The van der Waals surface area contributed by atoms with Crippen LogP contribution in [-0.4, -0.2) is 28.7 Å². The van der Waals surface area contributed by atoms with Crippen LogP contribution in [0.1, 0.15) is 27.0 Å². The van der Waals surface area contributed by atoms with Crippen molar-refractivity contribution in [3.63, 3.8) is 0 Å². The van der Waals surface area contributed by atoms with E-state index in [1.807, 2.05) is 84.9 Å². The molecular formula is C37H31BrClN2O3PS. The van der Waals surface area contributed by atoms with E-state index < -0.39 is 19.3 Å². The molecule has 0 radical (unpaired) electrons. The Balaban J connectivity index is 0.00000417. The minimum atomic E-state index is -2.38. The lowest BCUT2D eigenvalue weighted by atomic mass is 10.0. The van der Waals surface area contributed by atoms with Gasteiger partial charge in [0.2, 0.25) is 11.9 Å². The Morgan fingerprint density at radius 1 is 0.783 bits per heavy atom. The number of thiazole rings is 1. The first-order valence-corrected chi connectivity index (χ1v) is 17.9. The van der Waals surface area contributed by atoms with E-state index in [4.69, 9.17) is 22.1 Å². The fourth-order valence-electron chi connectivity index (χ4n) is 5.60. The number of primary amides is 1. The molecule has 1 unspecified atom stereocenters. The van der Waals surface area contributed by atoms with Crippen LogP contribution in [0.3, 0.4) is 0 Å². The summed E-state index contributed by atoms with van der Waals surface area (Å²) >= 11 is 7.59. The van der Waals surface area contributed by atoms with Crippen molar-refractivity contribution in [3.05, 3.63) is 150 Å². The van der Waals surface area contributed by atoms with Gasteiger partial charge in [-0.1, -0.05) is 66.7 Å². The third-order valence-electron chi connectivity index (χ3n) is 7.76. The minimum absolute atomic E-state index is 0. The highest BCUT2D eigenvalue weighted by Crippen LogP contribution is 2.55. The molecule has 5 aromatic carbocycles. The Kier molecular flexibility index (Phi) is 11.0. The number of aryl methyl sites for hydroxylation is 1. The van der Waals surface area contributed by atoms with Crippen molar-refractivity contribution in [3.8, 4) is 5.75 Å². The first kappa shape index (κ1) is 33.5.